The van der Waals surface area contributed by atoms with Gasteiger partial charge < -0.3 is 10.2 Å². The quantitative estimate of drug-likeness (QED) is 0.864. The first-order valence-electron chi connectivity index (χ1n) is 7.48. The maximum Gasteiger partial charge on any atom is 0.137 e. The lowest BCUT2D eigenvalue weighted by Gasteiger charge is -2.23. The molecule has 2 aromatic rings. The first-order valence-corrected chi connectivity index (χ1v) is 7.48. The molecule has 1 unspecified atom stereocenters. The zero-order valence-corrected chi connectivity index (χ0v) is 11.7. The van der Waals surface area contributed by atoms with Crippen LogP contribution in [0.2, 0.25) is 0 Å². The molecule has 3 rings (SSSR count). The number of nitrogens with two attached hydrogens (primary N) is 1. The minimum absolute atomic E-state index is 0.0508. The van der Waals surface area contributed by atoms with Gasteiger partial charge in [0.2, 0.25) is 0 Å². The Labute approximate surface area is 115 Å². The van der Waals surface area contributed by atoms with E-state index < -0.39 is 0 Å². The number of fused-ring (bicyclic) bond motifs is 1. The van der Waals surface area contributed by atoms with E-state index in [1.165, 1.54) is 43.1 Å². The van der Waals surface area contributed by atoms with Crippen molar-refractivity contribution in [1.29, 1.82) is 0 Å². The van der Waals surface area contributed by atoms with Gasteiger partial charge in [-0.25, -0.2) is 0 Å². The Morgan fingerprint density at radius 2 is 2.05 bits per heavy atom. The van der Waals surface area contributed by atoms with E-state index in [1.54, 1.807) is 0 Å². The molecule has 1 heterocycles. The molecule has 0 bridgehead atoms. The molecule has 1 saturated carbocycles. The highest BCUT2D eigenvalue weighted by Crippen LogP contribution is 2.33. The van der Waals surface area contributed by atoms with Crippen LogP contribution in [0, 0.1) is 12.8 Å². The summed E-state index contributed by atoms with van der Waals surface area (Å²) in [4.78, 5) is 0. The van der Waals surface area contributed by atoms with Crippen molar-refractivity contribution < 1.29 is 4.42 Å². The fourth-order valence-electron chi connectivity index (χ4n) is 3.31. The summed E-state index contributed by atoms with van der Waals surface area (Å²) in [7, 11) is 0. The second kappa shape index (κ2) is 5.38. The van der Waals surface area contributed by atoms with Gasteiger partial charge in [0.15, 0.2) is 0 Å². The number of hydrogen-bond donors (Lipinski definition) is 1. The molecule has 1 fully saturated rings. The van der Waals surface area contributed by atoms with Gasteiger partial charge >= 0.3 is 0 Å². The van der Waals surface area contributed by atoms with Crippen molar-refractivity contribution in [2.75, 3.05) is 0 Å². The van der Waals surface area contributed by atoms with Crippen LogP contribution in [0.15, 0.2) is 28.7 Å². The Balaban J connectivity index is 1.77. The van der Waals surface area contributed by atoms with Crippen molar-refractivity contribution in [1.82, 2.24) is 0 Å². The molecule has 2 heteroatoms. The zero-order valence-electron chi connectivity index (χ0n) is 11.7. The maximum absolute atomic E-state index is 6.35. The largest absolute Gasteiger partial charge is 0.459 e. The zero-order chi connectivity index (χ0) is 13.2. The summed E-state index contributed by atoms with van der Waals surface area (Å²) in [6.07, 6.45) is 7.89. The first-order chi connectivity index (χ1) is 9.24. The van der Waals surface area contributed by atoms with Crippen molar-refractivity contribution in [2.45, 2.75) is 51.5 Å². The summed E-state index contributed by atoms with van der Waals surface area (Å²) >= 11 is 0. The third-order valence-electron chi connectivity index (χ3n) is 4.44. The summed E-state index contributed by atoms with van der Waals surface area (Å²) in [5.41, 5.74) is 8.53. The van der Waals surface area contributed by atoms with E-state index in [1.807, 2.05) is 0 Å². The topological polar surface area (TPSA) is 39.2 Å². The molecule has 0 radical (unpaired) electrons. The van der Waals surface area contributed by atoms with E-state index in [4.69, 9.17) is 10.2 Å². The van der Waals surface area contributed by atoms with Crippen molar-refractivity contribution in [2.24, 2.45) is 11.7 Å². The van der Waals surface area contributed by atoms with E-state index in [0.29, 0.717) is 0 Å². The number of aryl methyl sites for hydroxylation is 1. The van der Waals surface area contributed by atoms with E-state index in [-0.39, 0.29) is 6.04 Å². The molecule has 19 heavy (non-hydrogen) atoms. The average molecular weight is 257 g/mol. The van der Waals surface area contributed by atoms with E-state index in [9.17, 15) is 0 Å². The summed E-state index contributed by atoms with van der Waals surface area (Å²) in [5.74, 6) is 1.74. The highest BCUT2D eigenvalue weighted by atomic mass is 16.3. The van der Waals surface area contributed by atoms with Gasteiger partial charge in [-0.05, 0) is 30.9 Å². The molecule has 0 spiro atoms. The lowest BCUT2D eigenvalue weighted by Crippen LogP contribution is -2.16. The third kappa shape index (κ3) is 2.69. The smallest absolute Gasteiger partial charge is 0.137 e. The van der Waals surface area contributed by atoms with Crippen LogP contribution in [-0.2, 0) is 0 Å². The monoisotopic (exact) mass is 257 g/mol. The SMILES string of the molecule is Cc1cccc2cc(C(N)CC3CCCCC3)oc12. The average Bonchev–Trinajstić information content (AvgIpc) is 2.85. The van der Waals surface area contributed by atoms with Gasteiger partial charge in [-0.15, -0.1) is 0 Å². The Morgan fingerprint density at radius 1 is 1.26 bits per heavy atom. The molecule has 2 N–H and O–H groups in total. The Hall–Kier alpha value is -1.28. The fraction of sp³-hybridized carbons (Fsp3) is 0.529. The Bertz CT molecular complexity index is 551. The number of furan rings is 1. The molecule has 0 saturated heterocycles. The molecule has 1 atom stereocenters. The predicted octanol–water partition coefficient (Wildman–Crippen LogP) is 4.71. The van der Waals surface area contributed by atoms with Crippen molar-refractivity contribution >= 4 is 11.0 Å². The van der Waals surface area contributed by atoms with Crippen molar-refractivity contribution in [3.05, 3.63) is 35.6 Å². The number of rotatable bonds is 3. The second-order valence-electron chi connectivity index (χ2n) is 5.99. The normalized spacial score (nSPS) is 18.8. The summed E-state index contributed by atoms with van der Waals surface area (Å²) in [6.45, 7) is 2.09. The van der Waals surface area contributed by atoms with Gasteiger partial charge in [0.25, 0.3) is 0 Å². The Morgan fingerprint density at radius 3 is 2.79 bits per heavy atom. The molecular formula is C17H23NO. The molecule has 0 amide bonds. The van der Waals surface area contributed by atoms with Gasteiger partial charge in [-0.1, -0.05) is 50.3 Å². The standard InChI is InChI=1S/C17H23NO/c1-12-6-5-9-14-11-16(19-17(12)14)15(18)10-13-7-3-2-4-8-13/h5-6,9,11,13,15H,2-4,7-8,10,18H2,1H3. The molecule has 0 aliphatic heterocycles. The molecule has 102 valence electrons. The van der Waals surface area contributed by atoms with Crippen molar-refractivity contribution in [3.8, 4) is 0 Å². The van der Waals surface area contributed by atoms with Gasteiger partial charge in [0.05, 0.1) is 6.04 Å². The summed E-state index contributed by atoms with van der Waals surface area (Å²) in [6, 6.07) is 8.43. The van der Waals surface area contributed by atoms with Crippen LogP contribution >= 0.6 is 0 Å². The van der Waals surface area contributed by atoms with Gasteiger partial charge in [-0.3, -0.25) is 0 Å². The number of benzene rings is 1. The molecule has 1 aromatic carbocycles. The van der Waals surface area contributed by atoms with E-state index in [0.717, 1.165) is 23.7 Å². The van der Waals surface area contributed by atoms with Crippen LogP contribution in [0.3, 0.4) is 0 Å². The van der Waals surface area contributed by atoms with Crippen LogP contribution in [0.1, 0.15) is 55.9 Å². The van der Waals surface area contributed by atoms with Crippen LogP contribution in [0.25, 0.3) is 11.0 Å². The van der Waals surface area contributed by atoms with Gasteiger partial charge in [0, 0.05) is 5.39 Å². The first kappa shape index (κ1) is 12.7. The van der Waals surface area contributed by atoms with Crippen molar-refractivity contribution in [3.63, 3.8) is 0 Å². The highest BCUT2D eigenvalue weighted by molar-refractivity contribution is 5.80. The number of para-hydroxylation sites is 1. The van der Waals surface area contributed by atoms with Crippen LogP contribution in [0.5, 0.6) is 0 Å². The van der Waals surface area contributed by atoms with E-state index in [2.05, 4.69) is 31.2 Å². The van der Waals surface area contributed by atoms with Gasteiger partial charge in [-0.2, -0.15) is 0 Å². The summed E-state index contributed by atoms with van der Waals surface area (Å²) in [5, 5.41) is 1.18. The predicted molar refractivity (Wildman–Crippen MR) is 79.1 cm³/mol. The molecule has 1 aliphatic carbocycles. The second-order valence-corrected chi connectivity index (χ2v) is 5.99. The number of hydrogen-bond acceptors (Lipinski definition) is 2. The van der Waals surface area contributed by atoms with E-state index >= 15 is 0 Å². The summed E-state index contributed by atoms with van der Waals surface area (Å²) < 4.78 is 5.98. The highest BCUT2D eigenvalue weighted by Gasteiger charge is 2.20. The minimum Gasteiger partial charge on any atom is -0.459 e. The maximum atomic E-state index is 6.35. The lowest BCUT2D eigenvalue weighted by atomic mass is 9.84. The molecule has 1 aliphatic rings. The fourth-order valence-corrected chi connectivity index (χ4v) is 3.31. The minimum atomic E-state index is 0.0508. The van der Waals surface area contributed by atoms with Crippen LogP contribution in [-0.4, -0.2) is 0 Å². The van der Waals surface area contributed by atoms with Gasteiger partial charge in [0.1, 0.15) is 11.3 Å². The van der Waals surface area contributed by atoms with Crippen LogP contribution < -0.4 is 5.73 Å². The third-order valence-corrected chi connectivity index (χ3v) is 4.44. The molecule has 1 aromatic heterocycles. The van der Waals surface area contributed by atoms with Crippen LogP contribution in [0.4, 0.5) is 0 Å². The lowest BCUT2D eigenvalue weighted by molar-refractivity contribution is 0.306. The molecular weight excluding hydrogens is 234 g/mol. The molecule has 2 nitrogen and oxygen atoms in total. The Kier molecular flexibility index (Phi) is 3.61.